The Labute approximate surface area is 216 Å². The lowest BCUT2D eigenvalue weighted by Gasteiger charge is -2.36. The summed E-state index contributed by atoms with van der Waals surface area (Å²) < 4.78 is 6.27. The number of para-hydroxylation sites is 2. The third-order valence-electron chi connectivity index (χ3n) is 6.03. The molecular weight excluding hydrogens is 508 g/mol. The van der Waals surface area contributed by atoms with Crippen molar-refractivity contribution < 1.29 is 14.3 Å². The quantitative estimate of drug-likeness (QED) is 0.494. The first-order valence-corrected chi connectivity index (χ1v) is 12.8. The summed E-state index contributed by atoms with van der Waals surface area (Å²) >= 11 is 3.47. The average Bonchev–Trinajstić information content (AvgIpc) is 2.87. The van der Waals surface area contributed by atoms with E-state index in [1.54, 1.807) is 7.11 Å². The van der Waals surface area contributed by atoms with Gasteiger partial charge in [0.2, 0.25) is 5.91 Å². The maximum atomic E-state index is 12.8. The number of urea groups is 1. The molecule has 1 saturated heterocycles. The second kappa shape index (κ2) is 13.3. The van der Waals surface area contributed by atoms with Crippen molar-refractivity contribution in [1.29, 1.82) is 0 Å². The van der Waals surface area contributed by atoms with Crippen molar-refractivity contribution in [1.82, 2.24) is 14.7 Å². The largest absolute Gasteiger partial charge is 0.496 e. The minimum Gasteiger partial charge on any atom is -0.496 e. The van der Waals surface area contributed by atoms with Gasteiger partial charge in [-0.05, 0) is 34.1 Å². The van der Waals surface area contributed by atoms with Gasteiger partial charge in [-0.2, -0.15) is 0 Å². The van der Waals surface area contributed by atoms with Crippen LogP contribution in [0.25, 0.3) is 6.08 Å². The van der Waals surface area contributed by atoms with Crippen molar-refractivity contribution in [3.05, 3.63) is 64.6 Å². The van der Waals surface area contributed by atoms with Crippen molar-refractivity contribution in [2.75, 3.05) is 58.2 Å². The summed E-state index contributed by atoms with van der Waals surface area (Å²) in [6, 6.07) is 15.3. The molecule has 0 saturated carbocycles. The molecule has 35 heavy (non-hydrogen) atoms. The van der Waals surface area contributed by atoms with Crippen LogP contribution in [0.2, 0.25) is 0 Å². The van der Waals surface area contributed by atoms with Gasteiger partial charge in [-0.15, -0.1) is 0 Å². The molecule has 2 aromatic rings. The zero-order chi connectivity index (χ0) is 25.2. The Hall–Kier alpha value is -2.84. The molecule has 0 aliphatic carbocycles. The third kappa shape index (κ3) is 7.83. The molecule has 1 fully saturated rings. The van der Waals surface area contributed by atoms with E-state index in [9.17, 15) is 9.59 Å². The van der Waals surface area contributed by atoms with Crippen LogP contribution in [0.3, 0.4) is 0 Å². The van der Waals surface area contributed by atoms with E-state index in [2.05, 4.69) is 26.1 Å². The summed E-state index contributed by atoms with van der Waals surface area (Å²) in [5, 5.41) is 2.97. The van der Waals surface area contributed by atoms with Gasteiger partial charge in [0.15, 0.2) is 0 Å². The number of benzene rings is 2. The molecule has 1 aliphatic heterocycles. The molecule has 8 heteroatoms. The third-order valence-corrected chi connectivity index (χ3v) is 6.72. The number of piperazine rings is 1. The molecule has 0 bridgehead atoms. The summed E-state index contributed by atoms with van der Waals surface area (Å²) in [6.45, 7) is 8.71. The fourth-order valence-electron chi connectivity index (χ4n) is 3.96. The van der Waals surface area contributed by atoms with Gasteiger partial charge in [0, 0.05) is 61.8 Å². The van der Waals surface area contributed by atoms with Gasteiger partial charge in [0.05, 0.1) is 12.8 Å². The molecule has 3 rings (SSSR count). The van der Waals surface area contributed by atoms with Gasteiger partial charge in [0.25, 0.3) is 0 Å². The second-order valence-electron chi connectivity index (χ2n) is 8.82. The summed E-state index contributed by atoms with van der Waals surface area (Å²) in [5.74, 6) is 0.889. The molecule has 7 nitrogen and oxygen atoms in total. The van der Waals surface area contributed by atoms with Crippen LogP contribution in [0.5, 0.6) is 5.75 Å². The molecule has 0 spiro atoms. The lowest BCUT2D eigenvalue weighted by molar-refractivity contribution is -0.134. The second-order valence-corrected chi connectivity index (χ2v) is 9.68. The van der Waals surface area contributed by atoms with Gasteiger partial charge >= 0.3 is 6.03 Å². The van der Waals surface area contributed by atoms with Crippen LogP contribution in [0.4, 0.5) is 10.5 Å². The Morgan fingerprint density at radius 3 is 2.46 bits per heavy atom. The maximum Gasteiger partial charge on any atom is 0.321 e. The molecule has 188 valence electrons. The normalized spacial score (nSPS) is 14.4. The van der Waals surface area contributed by atoms with Crippen LogP contribution in [-0.2, 0) is 4.79 Å². The number of hydrogen-bond acceptors (Lipinski definition) is 4. The molecule has 3 amide bonds. The first kappa shape index (κ1) is 26.8. The number of nitrogens with zero attached hydrogens (tertiary/aromatic N) is 3. The highest BCUT2D eigenvalue weighted by Crippen LogP contribution is 2.22. The first-order valence-electron chi connectivity index (χ1n) is 12.0. The van der Waals surface area contributed by atoms with Crippen LogP contribution in [0.1, 0.15) is 19.4 Å². The van der Waals surface area contributed by atoms with Gasteiger partial charge in [-0.3, -0.25) is 9.69 Å². The van der Waals surface area contributed by atoms with Crippen molar-refractivity contribution in [3.63, 3.8) is 0 Å². The van der Waals surface area contributed by atoms with Gasteiger partial charge < -0.3 is 19.9 Å². The Kier molecular flexibility index (Phi) is 10.2. The number of hydrogen-bond donors (Lipinski definition) is 1. The summed E-state index contributed by atoms with van der Waals surface area (Å²) in [4.78, 5) is 31.5. The van der Waals surface area contributed by atoms with Crippen molar-refractivity contribution in [3.8, 4) is 5.75 Å². The molecule has 1 N–H and O–H groups in total. The van der Waals surface area contributed by atoms with Crippen LogP contribution >= 0.6 is 15.9 Å². The molecule has 0 aromatic heterocycles. The minimum absolute atomic E-state index is 0.0625. The number of amides is 3. The fraction of sp³-hybridized carbons (Fsp3) is 0.407. The zero-order valence-electron chi connectivity index (χ0n) is 20.7. The van der Waals surface area contributed by atoms with E-state index in [-0.39, 0.29) is 17.9 Å². The molecule has 0 radical (unpaired) electrons. The van der Waals surface area contributed by atoms with E-state index >= 15 is 0 Å². The molecule has 0 unspecified atom stereocenters. The lowest BCUT2D eigenvalue weighted by atomic mass is 10.1. The Bertz CT molecular complexity index is 1020. The number of carbonyl (C=O) groups is 2. The van der Waals surface area contributed by atoms with E-state index < -0.39 is 0 Å². The highest BCUT2D eigenvalue weighted by atomic mass is 79.9. The van der Waals surface area contributed by atoms with Gasteiger partial charge in [-0.1, -0.05) is 56.3 Å². The zero-order valence-corrected chi connectivity index (χ0v) is 22.3. The highest BCUT2D eigenvalue weighted by molar-refractivity contribution is 9.10. The molecule has 2 aromatic carbocycles. The van der Waals surface area contributed by atoms with Crippen LogP contribution < -0.4 is 10.1 Å². The smallest absolute Gasteiger partial charge is 0.321 e. The Morgan fingerprint density at radius 2 is 1.77 bits per heavy atom. The van der Waals surface area contributed by atoms with Gasteiger partial charge in [-0.25, -0.2) is 4.79 Å². The molecule has 1 aliphatic rings. The van der Waals surface area contributed by atoms with Crippen molar-refractivity contribution in [2.24, 2.45) is 5.92 Å². The molecular formula is C27H35BrN4O3. The number of methoxy groups -OCH3 is 1. The number of rotatable bonds is 9. The van der Waals surface area contributed by atoms with E-state index in [1.807, 2.05) is 84.3 Å². The van der Waals surface area contributed by atoms with Crippen LogP contribution in [0.15, 0.2) is 59.1 Å². The summed E-state index contributed by atoms with van der Waals surface area (Å²) in [6.07, 6.45) is 4.02. The Morgan fingerprint density at radius 1 is 1.09 bits per heavy atom. The predicted octanol–water partition coefficient (Wildman–Crippen LogP) is 4.81. The van der Waals surface area contributed by atoms with Crippen molar-refractivity contribution in [2.45, 2.75) is 13.8 Å². The van der Waals surface area contributed by atoms with Crippen molar-refractivity contribution >= 4 is 39.6 Å². The molecule has 1 heterocycles. The Balaban J connectivity index is 1.50. The summed E-state index contributed by atoms with van der Waals surface area (Å²) in [5.41, 5.74) is 1.76. The first-order chi connectivity index (χ1) is 16.9. The monoisotopic (exact) mass is 542 g/mol. The minimum atomic E-state index is -0.0883. The van der Waals surface area contributed by atoms with Crippen LogP contribution in [-0.4, -0.2) is 79.6 Å². The average molecular weight is 544 g/mol. The van der Waals surface area contributed by atoms with E-state index in [4.69, 9.17) is 4.74 Å². The fourth-order valence-corrected chi connectivity index (χ4v) is 4.35. The number of nitrogens with one attached hydrogen (secondary N) is 1. The predicted molar refractivity (Wildman–Crippen MR) is 145 cm³/mol. The number of carbonyl (C=O) groups excluding carboxylic acids is 2. The topological polar surface area (TPSA) is 65.1 Å². The standard InChI is InChI=1S/C27H35BrN4O3/c1-21(2)26(33)31(14-8-10-22-9-4-7-13-25(22)35-3)18-15-30-16-19-32(20-17-30)27(34)29-24-12-6-5-11-23(24)28/h4-13,21H,14-20H2,1-3H3,(H,29,34). The van der Waals surface area contributed by atoms with E-state index in [0.29, 0.717) is 26.2 Å². The summed E-state index contributed by atoms with van der Waals surface area (Å²) in [7, 11) is 1.66. The SMILES string of the molecule is COc1ccccc1C=CCN(CCN1CCN(C(=O)Nc2ccccc2Br)CC1)C(=O)C(C)C. The maximum absolute atomic E-state index is 12.8. The lowest BCUT2D eigenvalue weighted by Crippen LogP contribution is -2.51. The van der Waals surface area contributed by atoms with E-state index in [1.165, 1.54) is 0 Å². The number of halogens is 1. The van der Waals surface area contributed by atoms with Gasteiger partial charge in [0.1, 0.15) is 5.75 Å². The number of anilines is 1. The highest BCUT2D eigenvalue weighted by Gasteiger charge is 2.23. The molecule has 0 atom stereocenters. The van der Waals surface area contributed by atoms with E-state index in [0.717, 1.165) is 41.1 Å². The number of ether oxygens (including phenoxy) is 1. The van der Waals surface area contributed by atoms with Crippen LogP contribution in [0, 0.1) is 5.92 Å².